The van der Waals surface area contributed by atoms with Gasteiger partial charge in [0.15, 0.2) is 6.17 Å². The van der Waals surface area contributed by atoms with Gasteiger partial charge in [-0.3, -0.25) is 0 Å². The van der Waals surface area contributed by atoms with Crippen molar-refractivity contribution < 1.29 is 13.9 Å². The Labute approximate surface area is 141 Å². The van der Waals surface area contributed by atoms with Crippen LogP contribution in [0.25, 0.3) is 0 Å². The zero-order valence-electron chi connectivity index (χ0n) is 15.1. The molecule has 2 aliphatic rings. The summed E-state index contributed by atoms with van der Waals surface area (Å²) < 4.78 is 18.6. The van der Waals surface area contributed by atoms with Gasteiger partial charge in [-0.25, -0.2) is 9.18 Å². The molecule has 2 saturated carbocycles. The van der Waals surface area contributed by atoms with Gasteiger partial charge in [0.1, 0.15) is 0 Å². The highest BCUT2D eigenvalue weighted by atomic mass is 19.1. The molecule has 0 spiro atoms. The van der Waals surface area contributed by atoms with Gasteiger partial charge >= 0.3 is 5.97 Å². The van der Waals surface area contributed by atoms with E-state index < -0.39 is 12.1 Å². The molecule has 0 saturated heterocycles. The van der Waals surface area contributed by atoms with Gasteiger partial charge in [0.05, 0.1) is 6.61 Å². The molecule has 2 nitrogen and oxygen atoms in total. The van der Waals surface area contributed by atoms with Crippen LogP contribution >= 0.6 is 0 Å². The van der Waals surface area contributed by atoms with Crippen LogP contribution in [0, 0.1) is 23.7 Å². The number of hydrogen-bond acceptors (Lipinski definition) is 2. The molecule has 0 aromatic heterocycles. The van der Waals surface area contributed by atoms with Gasteiger partial charge in [-0.2, -0.15) is 0 Å². The van der Waals surface area contributed by atoms with E-state index in [0.29, 0.717) is 12.3 Å². The maximum Gasteiger partial charge on any atom is 0.340 e. The van der Waals surface area contributed by atoms with Crippen LogP contribution in [0.5, 0.6) is 0 Å². The second-order valence-electron chi connectivity index (χ2n) is 7.81. The van der Waals surface area contributed by atoms with Crippen molar-refractivity contribution in [2.24, 2.45) is 23.7 Å². The van der Waals surface area contributed by atoms with Gasteiger partial charge in [-0.15, -0.1) is 0 Å². The lowest BCUT2D eigenvalue weighted by atomic mass is 9.68. The predicted octanol–water partition coefficient (Wildman–Crippen LogP) is 5.69. The van der Waals surface area contributed by atoms with Crippen molar-refractivity contribution in [1.82, 2.24) is 0 Å². The number of carbonyl (C=O) groups is 1. The fraction of sp³-hybridized carbons (Fsp3) is 0.950. The second-order valence-corrected chi connectivity index (χ2v) is 7.81. The van der Waals surface area contributed by atoms with Gasteiger partial charge in [-0.1, -0.05) is 45.4 Å². The van der Waals surface area contributed by atoms with E-state index in [-0.39, 0.29) is 6.61 Å². The number of hydrogen-bond donors (Lipinski definition) is 0. The Morgan fingerprint density at radius 1 is 0.957 bits per heavy atom. The highest BCUT2D eigenvalue weighted by Gasteiger charge is 2.32. The van der Waals surface area contributed by atoms with E-state index in [1.54, 1.807) is 6.92 Å². The third kappa shape index (κ3) is 5.76. The Balaban J connectivity index is 1.67. The summed E-state index contributed by atoms with van der Waals surface area (Å²) in [6.07, 6.45) is 12.0. The van der Waals surface area contributed by atoms with E-state index in [2.05, 4.69) is 6.92 Å². The number of rotatable bonds is 7. The van der Waals surface area contributed by atoms with Crippen LogP contribution in [0.4, 0.5) is 4.39 Å². The topological polar surface area (TPSA) is 26.3 Å². The van der Waals surface area contributed by atoms with Crippen molar-refractivity contribution in [2.45, 2.75) is 90.6 Å². The molecule has 0 radical (unpaired) electrons. The Kier molecular flexibility index (Phi) is 7.85. The summed E-state index contributed by atoms with van der Waals surface area (Å²) in [6.45, 7) is 4.29. The van der Waals surface area contributed by atoms with Crippen molar-refractivity contribution in [1.29, 1.82) is 0 Å². The predicted molar refractivity (Wildman–Crippen MR) is 92.0 cm³/mol. The monoisotopic (exact) mass is 326 g/mol. The molecule has 23 heavy (non-hydrogen) atoms. The SMILES string of the molecule is CCCC1CCC(C2CCC(CC(F)C(=O)OCC)CC2)CC1. The third-order valence-corrected chi connectivity index (χ3v) is 6.23. The molecule has 0 aromatic rings. The standard InChI is InChI=1S/C20H35FO2/c1-3-5-15-6-10-17(11-7-15)18-12-8-16(9-13-18)14-19(21)20(22)23-4-2/h15-19H,3-14H2,1-2H3. The van der Waals surface area contributed by atoms with Crippen LogP contribution in [0.1, 0.15) is 84.5 Å². The van der Waals surface area contributed by atoms with E-state index in [4.69, 9.17) is 4.74 Å². The molecular weight excluding hydrogens is 291 g/mol. The summed E-state index contributed by atoms with van der Waals surface area (Å²) in [5.74, 6) is 2.46. The molecule has 0 N–H and O–H groups in total. The molecule has 0 amide bonds. The Morgan fingerprint density at radius 3 is 1.96 bits per heavy atom. The Hall–Kier alpha value is -0.600. The van der Waals surface area contributed by atoms with Crippen molar-refractivity contribution >= 4 is 5.97 Å². The molecule has 2 rings (SSSR count). The van der Waals surface area contributed by atoms with Crippen LogP contribution in [0.15, 0.2) is 0 Å². The van der Waals surface area contributed by atoms with E-state index in [1.807, 2.05) is 0 Å². The van der Waals surface area contributed by atoms with Gasteiger partial charge in [-0.05, 0) is 62.7 Å². The van der Waals surface area contributed by atoms with Crippen LogP contribution < -0.4 is 0 Å². The highest BCUT2D eigenvalue weighted by molar-refractivity contribution is 5.74. The summed E-state index contributed by atoms with van der Waals surface area (Å²) in [7, 11) is 0. The summed E-state index contributed by atoms with van der Waals surface area (Å²) in [5.41, 5.74) is 0. The van der Waals surface area contributed by atoms with Gasteiger partial charge in [0, 0.05) is 0 Å². The Bertz CT molecular complexity index is 342. The number of halogens is 1. The van der Waals surface area contributed by atoms with E-state index in [0.717, 1.165) is 30.6 Å². The fourth-order valence-corrected chi connectivity index (χ4v) is 4.87. The molecule has 0 heterocycles. The first-order valence-electron chi connectivity index (χ1n) is 9.94. The lowest BCUT2D eigenvalue weighted by molar-refractivity contribution is -0.149. The summed E-state index contributed by atoms with van der Waals surface area (Å²) in [6, 6.07) is 0. The van der Waals surface area contributed by atoms with Gasteiger partial charge in [0.25, 0.3) is 0 Å². The van der Waals surface area contributed by atoms with Crippen molar-refractivity contribution in [2.75, 3.05) is 6.61 Å². The molecule has 2 aliphatic carbocycles. The number of esters is 1. The van der Waals surface area contributed by atoms with Crippen LogP contribution in [0.2, 0.25) is 0 Å². The molecule has 1 unspecified atom stereocenters. The van der Waals surface area contributed by atoms with Crippen LogP contribution in [-0.2, 0) is 9.53 Å². The number of alkyl halides is 1. The third-order valence-electron chi connectivity index (χ3n) is 6.23. The Morgan fingerprint density at radius 2 is 1.48 bits per heavy atom. The molecule has 0 aromatic carbocycles. The molecule has 1 atom stereocenters. The largest absolute Gasteiger partial charge is 0.464 e. The molecular formula is C20H35FO2. The van der Waals surface area contributed by atoms with Crippen molar-refractivity contribution in [3.05, 3.63) is 0 Å². The minimum absolute atomic E-state index is 0.271. The lowest BCUT2D eigenvalue weighted by Crippen LogP contribution is -2.28. The van der Waals surface area contributed by atoms with Crippen LogP contribution in [-0.4, -0.2) is 18.7 Å². The average molecular weight is 326 g/mol. The number of carbonyl (C=O) groups excluding carboxylic acids is 1. The summed E-state index contributed by atoms with van der Waals surface area (Å²) >= 11 is 0. The molecule has 0 aliphatic heterocycles. The minimum atomic E-state index is -1.42. The van der Waals surface area contributed by atoms with Crippen LogP contribution in [0.3, 0.4) is 0 Å². The molecule has 0 bridgehead atoms. The van der Waals surface area contributed by atoms with Crippen molar-refractivity contribution in [3.63, 3.8) is 0 Å². The quantitative estimate of drug-likeness (QED) is 0.562. The maximum absolute atomic E-state index is 13.9. The molecule has 134 valence electrons. The van der Waals surface area contributed by atoms with E-state index >= 15 is 0 Å². The zero-order valence-corrected chi connectivity index (χ0v) is 15.1. The first-order valence-corrected chi connectivity index (χ1v) is 9.94. The number of ether oxygens (including phenoxy) is 1. The minimum Gasteiger partial charge on any atom is -0.464 e. The maximum atomic E-state index is 13.9. The lowest BCUT2D eigenvalue weighted by Gasteiger charge is -2.38. The summed E-state index contributed by atoms with van der Waals surface area (Å²) in [5, 5.41) is 0. The zero-order chi connectivity index (χ0) is 16.7. The fourth-order valence-electron chi connectivity index (χ4n) is 4.87. The van der Waals surface area contributed by atoms with Gasteiger partial charge < -0.3 is 4.74 Å². The van der Waals surface area contributed by atoms with E-state index in [1.165, 1.54) is 51.4 Å². The average Bonchev–Trinajstić information content (AvgIpc) is 2.57. The van der Waals surface area contributed by atoms with Crippen molar-refractivity contribution in [3.8, 4) is 0 Å². The molecule has 2 fully saturated rings. The van der Waals surface area contributed by atoms with Gasteiger partial charge in [0.2, 0.25) is 0 Å². The van der Waals surface area contributed by atoms with E-state index in [9.17, 15) is 9.18 Å². The second kappa shape index (κ2) is 9.64. The smallest absolute Gasteiger partial charge is 0.340 e. The highest BCUT2D eigenvalue weighted by Crippen LogP contribution is 2.43. The normalized spacial score (nSPS) is 33.2. The first kappa shape index (κ1) is 18.7. The first-order chi connectivity index (χ1) is 11.1. The summed E-state index contributed by atoms with van der Waals surface area (Å²) in [4.78, 5) is 11.4. The molecule has 3 heteroatoms.